The highest BCUT2D eigenvalue weighted by Crippen LogP contribution is 2.31. The van der Waals surface area contributed by atoms with Crippen molar-refractivity contribution in [2.75, 3.05) is 7.11 Å². The van der Waals surface area contributed by atoms with E-state index in [9.17, 15) is 4.79 Å². The molecule has 1 aromatic carbocycles. The second-order valence-electron chi connectivity index (χ2n) is 7.35. The maximum absolute atomic E-state index is 12.4. The Balaban J connectivity index is 1.60. The number of carbonyl (C=O) groups is 1. The van der Waals surface area contributed by atoms with Crippen LogP contribution in [-0.2, 0) is 17.8 Å². The number of methoxy groups -OCH3 is 1. The normalized spacial score (nSPS) is 11.9. The summed E-state index contributed by atoms with van der Waals surface area (Å²) in [6, 6.07) is 9.36. The van der Waals surface area contributed by atoms with E-state index in [4.69, 9.17) is 9.47 Å². The molecule has 3 rings (SSSR count). The molecular weight excluding hydrogens is 398 g/mol. The first-order chi connectivity index (χ1) is 14.5. The van der Waals surface area contributed by atoms with Crippen LogP contribution in [0, 0.1) is 0 Å². The summed E-state index contributed by atoms with van der Waals surface area (Å²) in [5, 5.41) is 6.04. The Morgan fingerprint density at radius 3 is 2.57 bits per heavy atom. The highest BCUT2D eigenvalue weighted by Gasteiger charge is 2.15. The summed E-state index contributed by atoms with van der Waals surface area (Å²) >= 11 is 1.60. The second kappa shape index (κ2) is 10.2. The van der Waals surface area contributed by atoms with Gasteiger partial charge in [0, 0.05) is 23.7 Å². The highest BCUT2D eigenvalue weighted by molar-refractivity contribution is 7.09. The lowest BCUT2D eigenvalue weighted by molar-refractivity contribution is -0.121. The van der Waals surface area contributed by atoms with Gasteiger partial charge in [-0.1, -0.05) is 19.9 Å². The third-order valence-electron chi connectivity index (χ3n) is 4.61. The minimum absolute atomic E-state index is 0.0555. The summed E-state index contributed by atoms with van der Waals surface area (Å²) in [5.74, 6) is 1.60. The van der Waals surface area contributed by atoms with Gasteiger partial charge < -0.3 is 14.8 Å². The fraction of sp³-hybridized carbons (Fsp3) is 0.348. The molecule has 158 valence electrons. The third-order valence-corrected chi connectivity index (χ3v) is 5.81. The van der Waals surface area contributed by atoms with Gasteiger partial charge in [0.05, 0.1) is 30.3 Å². The summed E-state index contributed by atoms with van der Waals surface area (Å²) in [4.78, 5) is 21.0. The molecule has 0 saturated heterocycles. The molecule has 0 bridgehead atoms. The Morgan fingerprint density at radius 2 is 1.90 bits per heavy atom. The molecule has 1 amide bonds. The smallest absolute Gasteiger partial charge is 0.226 e. The minimum atomic E-state index is -0.163. The van der Waals surface area contributed by atoms with Crippen LogP contribution in [0.3, 0.4) is 0 Å². The average molecular weight is 426 g/mol. The lowest BCUT2D eigenvalue weighted by Crippen LogP contribution is -2.28. The molecule has 0 fully saturated rings. The van der Waals surface area contributed by atoms with Crippen molar-refractivity contribution in [3.05, 3.63) is 69.9 Å². The van der Waals surface area contributed by atoms with Gasteiger partial charge in [0.2, 0.25) is 5.91 Å². The van der Waals surface area contributed by atoms with Gasteiger partial charge in [-0.3, -0.25) is 9.78 Å². The molecule has 2 aromatic heterocycles. The molecule has 0 unspecified atom stereocenters. The van der Waals surface area contributed by atoms with E-state index >= 15 is 0 Å². The largest absolute Gasteiger partial charge is 0.493 e. The van der Waals surface area contributed by atoms with Crippen LogP contribution >= 0.6 is 11.3 Å². The van der Waals surface area contributed by atoms with E-state index in [-0.39, 0.29) is 18.4 Å². The van der Waals surface area contributed by atoms with Crippen molar-refractivity contribution in [2.45, 2.75) is 45.8 Å². The van der Waals surface area contributed by atoms with Crippen LogP contribution in [-0.4, -0.2) is 23.0 Å². The fourth-order valence-corrected chi connectivity index (χ4v) is 3.76. The molecular formula is C23H27N3O3S. The van der Waals surface area contributed by atoms with Crippen LogP contribution in [0.1, 0.15) is 54.6 Å². The molecule has 30 heavy (non-hydrogen) atoms. The van der Waals surface area contributed by atoms with Crippen molar-refractivity contribution >= 4 is 17.2 Å². The number of aromatic nitrogens is 2. The van der Waals surface area contributed by atoms with Crippen molar-refractivity contribution in [1.82, 2.24) is 15.3 Å². The number of rotatable bonds is 9. The number of nitrogens with one attached hydrogen (secondary N) is 1. The van der Waals surface area contributed by atoms with Crippen LogP contribution < -0.4 is 14.8 Å². The first-order valence-corrected chi connectivity index (χ1v) is 10.8. The number of hydrogen-bond acceptors (Lipinski definition) is 6. The maximum atomic E-state index is 12.4. The molecule has 0 saturated carbocycles. The standard InChI is InChI=1S/C23H27N3O3S/c1-15(2)23-26-19(14-30-23)12-22(27)25-16(3)18-5-6-20(21(11-18)28-4)29-13-17-7-9-24-10-8-17/h5-11,14-16H,12-13H2,1-4H3,(H,25,27)/t16-/m0/s1. The monoisotopic (exact) mass is 425 g/mol. The quantitative estimate of drug-likeness (QED) is 0.539. The van der Waals surface area contributed by atoms with Crippen LogP contribution in [0.25, 0.3) is 0 Å². The summed E-state index contributed by atoms with van der Waals surface area (Å²) in [5.41, 5.74) is 2.78. The van der Waals surface area contributed by atoms with Gasteiger partial charge in [-0.25, -0.2) is 4.98 Å². The predicted octanol–water partition coefficient (Wildman–Crippen LogP) is 4.67. The Morgan fingerprint density at radius 1 is 1.13 bits per heavy atom. The van der Waals surface area contributed by atoms with E-state index < -0.39 is 0 Å². The molecule has 0 spiro atoms. The number of pyridine rings is 1. The lowest BCUT2D eigenvalue weighted by Gasteiger charge is -2.17. The van der Waals surface area contributed by atoms with E-state index in [1.165, 1.54) is 0 Å². The molecule has 3 aromatic rings. The molecule has 0 aliphatic heterocycles. The summed E-state index contributed by atoms with van der Waals surface area (Å²) < 4.78 is 11.4. The number of thiazole rings is 1. The van der Waals surface area contributed by atoms with Gasteiger partial charge >= 0.3 is 0 Å². The number of nitrogens with zero attached hydrogens (tertiary/aromatic N) is 2. The van der Waals surface area contributed by atoms with Crippen molar-refractivity contribution in [3.63, 3.8) is 0 Å². The number of ether oxygens (including phenoxy) is 2. The Bertz CT molecular complexity index is 973. The zero-order valence-electron chi connectivity index (χ0n) is 17.7. The molecule has 0 aliphatic rings. The van der Waals surface area contributed by atoms with Gasteiger partial charge in [-0.2, -0.15) is 0 Å². The number of carbonyl (C=O) groups excluding carboxylic acids is 1. The number of amides is 1. The zero-order valence-corrected chi connectivity index (χ0v) is 18.5. The summed E-state index contributed by atoms with van der Waals surface area (Å²) in [6.45, 7) is 6.58. The van der Waals surface area contributed by atoms with E-state index in [1.807, 2.05) is 42.6 Å². The number of hydrogen-bond donors (Lipinski definition) is 1. The maximum Gasteiger partial charge on any atom is 0.226 e. The first kappa shape index (κ1) is 21.8. The Hall–Kier alpha value is -2.93. The van der Waals surface area contributed by atoms with Gasteiger partial charge in [0.25, 0.3) is 0 Å². The number of benzene rings is 1. The van der Waals surface area contributed by atoms with Gasteiger partial charge in [-0.15, -0.1) is 11.3 Å². The SMILES string of the molecule is COc1cc([C@H](C)NC(=O)Cc2csc(C(C)C)n2)ccc1OCc1ccncc1. The van der Waals surface area contributed by atoms with E-state index in [2.05, 4.69) is 29.1 Å². The van der Waals surface area contributed by atoms with Crippen molar-refractivity contribution in [1.29, 1.82) is 0 Å². The van der Waals surface area contributed by atoms with Crippen molar-refractivity contribution < 1.29 is 14.3 Å². The van der Waals surface area contributed by atoms with Gasteiger partial charge in [0.15, 0.2) is 11.5 Å². The molecule has 1 atom stereocenters. The third kappa shape index (κ3) is 5.79. The first-order valence-electron chi connectivity index (χ1n) is 9.89. The molecule has 2 heterocycles. The Kier molecular flexibility index (Phi) is 7.41. The topological polar surface area (TPSA) is 73.3 Å². The highest BCUT2D eigenvalue weighted by atomic mass is 32.1. The van der Waals surface area contributed by atoms with Crippen LogP contribution in [0.15, 0.2) is 48.1 Å². The fourth-order valence-electron chi connectivity index (χ4n) is 2.92. The molecule has 0 radical (unpaired) electrons. The minimum Gasteiger partial charge on any atom is -0.493 e. The van der Waals surface area contributed by atoms with Crippen molar-refractivity contribution in [2.24, 2.45) is 0 Å². The van der Waals surface area contributed by atoms with Gasteiger partial charge in [-0.05, 0) is 42.3 Å². The molecule has 0 aliphatic carbocycles. The zero-order chi connectivity index (χ0) is 21.5. The second-order valence-corrected chi connectivity index (χ2v) is 8.24. The van der Waals surface area contributed by atoms with E-state index in [1.54, 1.807) is 30.8 Å². The van der Waals surface area contributed by atoms with Crippen LogP contribution in [0.5, 0.6) is 11.5 Å². The van der Waals surface area contributed by atoms with E-state index in [0.29, 0.717) is 24.0 Å². The van der Waals surface area contributed by atoms with Gasteiger partial charge in [0.1, 0.15) is 6.61 Å². The van der Waals surface area contributed by atoms with E-state index in [0.717, 1.165) is 21.8 Å². The molecule has 7 heteroatoms. The summed E-state index contributed by atoms with van der Waals surface area (Å²) in [6.07, 6.45) is 3.75. The lowest BCUT2D eigenvalue weighted by atomic mass is 10.1. The Labute approximate surface area is 181 Å². The predicted molar refractivity (Wildman–Crippen MR) is 118 cm³/mol. The van der Waals surface area contributed by atoms with Crippen LogP contribution in [0.4, 0.5) is 0 Å². The molecule has 1 N–H and O–H groups in total. The van der Waals surface area contributed by atoms with Crippen molar-refractivity contribution in [3.8, 4) is 11.5 Å². The molecule has 6 nitrogen and oxygen atoms in total. The average Bonchev–Trinajstić information content (AvgIpc) is 3.21. The summed E-state index contributed by atoms with van der Waals surface area (Å²) in [7, 11) is 1.61. The van der Waals surface area contributed by atoms with Crippen LogP contribution in [0.2, 0.25) is 0 Å².